The molecular weight excluding hydrogens is 358 g/mol. The Kier molecular flexibility index (Phi) is 3.70. The summed E-state index contributed by atoms with van der Waals surface area (Å²) >= 11 is 1.09. The lowest BCUT2D eigenvalue weighted by Gasteiger charge is -2.02. The Morgan fingerprint density at radius 3 is 2.81 bits per heavy atom. The maximum Gasteiger partial charge on any atom is 0.293 e. The molecule has 0 spiro atoms. The van der Waals surface area contributed by atoms with E-state index in [1.807, 2.05) is 0 Å². The van der Waals surface area contributed by atoms with E-state index in [0.717, 1.165) is 17.4 Å². The summed E-state index contributed by atoms with van der Waals surface area (Å²) in [5.41, 5.74) is 0.456. The van der Waals surface area contributed by atoms with Crippen molar-refractivity contribution < 1.29 is 14.1 Å². The third-order valence-corrected chi connectivity index (χ3v) is 4.60. The van der Waals surface area contributed by atoms with E-state index >= 15 is 0 Å². The van der Waals surface area contributed by atoms with E-state index in [9.17, 15) is 19.7 Å². The van der Waals surface area contributed by atoms with E-state index < -0.39 is 10.8 Å². The number of thiazole rings is 1. The van der Waals surface area contributed by atoms with Crippen LogP contribution in [0, 0.1) is 10.1 Å². The number of nitrogens with one attached hydrogen (secondary N) is 1. The Morgan fingerprint density at radius 2 is 2.00 bits per heavy atom. The van der Waals surface area contributed by atoms with Crippen molar-refractivity contribution >= 4 is 49.2 Å². The number of fused-ring (bicyclic) bond motifs is 2. The molecule has 2 aromatic heterocycles. The predicted octanol–water partition coefficient (Wildman–Crippen LogP) is 3.56. The number of nitro benzene ring substituents is 1. The van der Waals surface area contributed by atoms with Crippen molar-refractivity contribution in [1.82, 2.24) is 4.98 Å². The number of nitrogens with zero attached hydrogens (tertiary/aromatic N) is 2. The monoisotopic (exact) mass is 367 g/mol. The number of amides is 1. The lowest BCUT2D eigenvalue weighted by molar-refractivity contribution is -0.384. The second-order valence-electron chi connectivity index (χ2n) is 5.35. The summed E-state index contributed by atoms with van der Waals surface area (Å²) in [6, 6.07) is 12.0. The highest BCUT2D eigenvalue weighted by Crippen LogP contribution is 2.29. The van der Waals surface area contributed by atoms with E-state index in [-0.39, 0.29) is 22.0 Å². The number of anilines is 1. The van der Waals surface area contributed by atoms with Gasteiger partial charge < -0.3 is 4.42 Å². The summed E-state index contributed by atoms with van der Waals surface area (Å²) < 4.78 is 6.04. The minimum absolute atomic E-state index is 0.0560. The average molecular weight is 367 g/mol. The molecule has 8 nitrogen and oxygen atoms in total. The quantitative estimate of drug-likeness (QED) is 0.437. The molecule has 0 aliphatic rings. The molecule has 0 atom stereocenters. The number of hydrogen-bond acceptors (Lipinski definition) is 7. The Morgan fingerprint density at radius 1 is 1.19 bits per heavy atom. The van der Waals surface area contributed by atoms with Gasteiger partial charge in [0.2, 0.25) is 0 Å². The second kappa shape index (κ2) is 6.05. The summed E-state index contributed by atoms with van der Waals surface area (Å²) in [4.78, 5) is 39.0. The van der Waals surface area contributed by atoms with Crippen LogP contribution in [0.4, 0.5) is 10.8 Å². The van der Waals surface area contributed by atoms with E-state index in [0.29, 0.717) is 21.2 Å². The van der Waals surface area contributed by atoms with Crippen LogP contribution >= 0.6 is 11.3 Å². The number of aromatic nitrogens is 1. The van der Waals surface area contributed by atoms with Crippen LogP contribution in [0.15, 0.2) is 57.7 Å². The minimum atomic E-state index is -0.624. The highest BCUT2D eigenvalue weighted by molar-refractivity contribution is 7.22. The smallest absolute Gasteiger partial charge is 0.293 e. The van der Waals surface area contributed by atoms with Gasteiger partial charge in [-0.1, -0.05) is 23.5 Å². The van der Waals surface area contributed by atoms with Crippen molar-refractivity contribution in [3.05, 3.63) is 74.6 Å². The van der Waals surface area contributed by atoms with Gasteiger partial charge in [0.15, 0.2) is 16.3 Å². The molecule has 26 heavy (non-hydrogen) atoms. The zero-order valence-electron chi connectivity index (χ0n) is 13.0. The van der Waals surface area contributed by atoms with Crippen molar-refractivity contribution in [3.63, 3.8) is 0 Å². The molecule has 4 rings (SSSR count). The van der Waals surface area contributed by atoms with Crippen molar-refractivity contribution in [3.8, 4) is 0 Å². The molecule has 128 valence electrons. The Hall–Kier alpha value is -3.59. The molecule has 2 heterocycles. The summed E-state index contributed by atoms with van der Waals surface area (Å²) in [5, 5.41) is 14.0. The molecule has 0 saturated carbocycles. The molecule has 0 radical (unpaired) electrons. The first-order valence-electron chi connectivity index (χ1n) is 7.40. The van der Waals surface area contributed by atoms with E-state index in [1.165, 1.54) is 18.2 Å². The largest absolute Gasteiger partial charge is 0.451 e. The van der Waals surface area contributed by atoms with Gasteiger partial charge in [0.1, 0.15) is 5.58 Å². The summed E-state index contributed by atoms with van der Waals surface area (Å²) in [6.07, 6.45) is 0. The number of para-hydroxylation sites is 1. The molecule has 9 heteroatoms. The predicted molar refractivity (Wildman–Crippen MR) is 96.7 cm³/mol. The number of rotatable bonds is 3. The summed E-state index contributed by atoms with van der Waals surface area (Å²) in [5.74, 6) is -0.764. The zero-order chi connectivity index (χ0) is 18.3. The first kappa shape index (κ1) is 15.9. The molecule has 0 aliphatic heterocycles. The van der Waals surface area contributed by atoms with Crippen molar-refractivity contribution in [2.24, 2.45) is 0 Å². The van der Waals surface area contributed by atoms with E-state index in [2.05, 4.69) is 10.3 Å². The van der Waals surface area contributed by atoms with E-state index in [1.54, 1.807) is 24.3 Å². The van der Waals surface area contributed by atoms with Crippen LogP contribution in [0.5, 0.6) is 0 Å². The molecule has 1 N–H and O–H groups in total. The third kappa shape index (κ3) is 2.80. The maximum absolute atomic E-state index is 12.4. The van der Waals surface area contributed by atoms with Crippen LogP contribution in [-0.4, -0.2) is 15.8 Å². The highest BCUT2D eigenvalue weighted by Gasteiger charge is 2.16. The van der Waals surface area contributed by atoms with Crippen molar-refractivity contribution in [2.45, 2.75) is 0 Å². The molecule has 2 aromatic carbocycles. The third-order valence-electron chi connectivity index (χ3n) is 3.66. The number of hydrogen-bond donors (Lipinski definition) is 1. The lowest BCUT2D eigenvalue weighted by atomic mass is 10.2. The number of nitro groups is 1. The number of carbonyl (C=O) groups is 1. The van der Waals surface area contributed by atoms with Crippen molar-refractivity contribution in [1.29, 1.82) is 0 Å². The fourth-order valence-corrected chi connectivity index (χ4v) is 3.35. The standard InChI is InChI=1S/C17H9N3O5S/c21-12-8-14(25-13-4-2-1-3-10(12)13)16(22)19-17-18-11-6-5-9(20(23)24)7-15(11)26-17/h1-8H,(H,18,19,22). The van der Waals surface area contributed by atoms with Gasteiger partial charge in [-0.3, -0.25) is 25.0 Å². The van der Waals surface area contributed by atoms with Gasteiger partial charge >= 0.3 is 0 Å². The van der Waals surface area contributed by atoms with Gasteiger partial charge in [-0.05, 0) is 18.2 Å². The van der Waals surface area contributed by atoms with Crippen LogP contribution in [-0.2, 0) is 0 Å². The zero-order valence-corrected chi connectivity index (χ0v) is 13.8. The number of carbonyl (C=O) groups excluding carboxylic acids is 1. The number of non-ortho nitro benzene ring substituents is 1. The Bertz CT molecular complexity index is 1240. The minimum Gasteiger partial charge on any atom is -0.451 e. The van der Waals surface area contributed by atoms with Crippen molar-refractivity contribution in [2.75, 3.05) is 5.32 Å². The first-order chi connectivity index (χ1) is 12.5. The van der Waals surface area contributed by atoms with Gasteiger partial charge in [-0.15, -0.1) is 0 Å². The molecule has 0 unspecified atom stereocenters. The molecule has 0 saturated heterocycles. The van der Waals surface area contributed by atoms with Gasteiger partial charge in [-0.25, -0.2) is 4.98 Å². The molecule has 0 aliphatic carbocycles. The molecule has 0 fully saturated rings. The van der Waals surface area contributed by atoms with Gasteiger partial charge in [-0.2, -0.15) is 0 Å². The van der Waals surface area contributed by atoms with Crippen LogP contribution in [0.25, 0.3) is 21.2 Å². The fraction of sp³-hybridized carbons (Fsp3) is 0. The van der Waals surface area contributed by atoms with Crippen LogP contribution in [0.1, 0.15) is 10.6 Å². The summed E-state index contributed by atoms with van der Waals surface area (Å²) in [6.45, 7) is 0. The maximum atomic E-state index is 12.4. The molecule has 4 aromatic rings. The van der Waals surface area contributed by atoms with Crippen LogP contribution < -0.4 is 10.7 Å². The molecular formula is C17H9N3O5S. The molecule has 0 bridgehead atoms. The first-order valence-corrected chi connectivity index (χ1v) is 8.22. The van der Waals surface area contributed by atoms with E-state index in [4.69, 9.17) is 4.42 Å². The Labute approximate surface area is 148 Å². The topological polar surface area (TPSA) is 115 Å². The lowest BCUT2D eigenvalue weighted by Crippen LogP contribution is -2.14. The van der Waals surface area contributed by atoms with Gasteiger partial charge in [0, 0.05) is 18.2 Å². The van der Waals surface area contributed by atoms with Gasteiger partial charge in [0.25, 0.3) is 11.6 Å². The Balaban J connectivity index is 1.67. The van der Waals surface area contributed by atoms with Crippen LogP contribution in [0.3, 0.4) is 0 Å². The second-order valence-corrected chi connectivity index (χ2v) is 6.38. The molecule has 1 amide bonds. The SMILES string of the molecule is O=C(Nc1nc2ccc([N+](=O)[O-])cc2s1)c1cc(=O)c2ccccc2o1. The highest BCUT2D eigenvalue weighted by atomic mass is 32.1. The van der Waals surface area contributed by atoms with Crippen LogP contribution in [0.2, 0.25) is 0 Å². The van der Waals surface area contributed by atoms with Gasteiger partial charge in [0.05, 0.1) is 20.5 Å². The summed E-state index contributed by atoms with van der Waals surface area (Å²) in [7, 11) is 0. The number of benzene rings is 2. The fourth-order valence-electron chi connectivity index (χ4n) is 2.45. The average Bonchev–Trinajstić information content (AvgIpc) is 3.02. The normalized spacial score (nSPS) is 10.9.